The summed E-state index contributed by atoms with van der Waals surface area (Å²) in [6.07, 6.45) is 7.70. The second kappa shape index (κ2) is 6.06. The van der Waals surface area contributed by atoms with Crippen molar-refractivity contribution in [1.29, 1.82) is 0 Å². The van der Waals surface area contributed by atoms with Gasteiger partial charge in [-0.3, -0.25) is 4.68 Å². The highest BCUT2D eigenvalue weighted by Gasteiger charge is 2.27. The Labute approximate surface area is 126 Å². The molecule has 1 N–H and O–H groups in total. The average molecular weight is 312 g/mol. The van der Waals surface area contributed by atoms with Crippen LogP contribution in [0.5, 0.6) is 0 Å². The van der Waals surface area contributed by atoms with Crippen LogP contribution in [0.3, 0.4) is 0 Å². The zero-order valence-electron chi connectivity index (χ0n) is 12.5. The maximum atomic E-state index is 11.7. The van der Waals surface area contributed by atoms with Crippen LogP contribution in [0, 0.1) is 5.92 Å². The standard InChI is InChI=1S/C14H24N4O2S/c1-21(19,20)17-8-2-3-12(10-17)11-18-14(6-7-16-18)9-15-13-4-5-13/h6-7,12-13,15H,2-5,8-11H2,1H3. The minimum atomic E-state index is -3.07. The van der Waals surface area contributed by atoms with E-state index in [0.717, 1.165) is 25.9 Å². The molecule has 118 valence electrons. The summed E-state index contributed by atoms with van der Waals surface area (Å²) in [6.45, 7) is 2.94. The van der Waals surface area contributed by atoms with Crippen molar-refractivity contribution in [3.63, 3.8) is 0 Å². The van der Waals surface area contributed by atoms with Gasteiger partial charge >= 0.3 is 0 Å². The monoisotopic (exact) mass is 312 g/mol. The molecule has 2 heterocycles. The molecule has 1 saturated carbocycles. The van der Waals surface area contributed by atoms with Gasteiger partial charge in [-0.2, -0.15) is 5.10 Å². The fraction of sp³-hybridized carbons (Fsp3) is 0.786. The molecule has 1 aliphatic carbocycles. The van der Waals surface area contributed by atoms with E-state index in [9.17, 15) is 8.42 Å². The van der Waals surface area contributed by atoms with Crippen LogP contribution in [-0.2, 0) is 23.1 Å². The second-order valence-corrected chi connectivity index (χ2v) is 8.27. The van der Waals surface area contributed by atoms with Gasteiger partial charge in [-0.25, -0.2) is 12.7 Å². The lowest BCUT2D eigenvalue weighted by atomic mass is 10.00. The number of hydrogen-bond donors (Lipinski definition) is 1. The topological polar surface area (TPSA) is 67.2 Å². The van der Waals surface area contributed by atoms with Gasteiger partial charge < -0.3 is 5.32 Å². The summed E-state index contributed by atoms with van der Waals surface area (Å²) >= 11 is 0. The van der Waals surface area contributed by atoms with Gasteiger partial charge in [0.1, 0.15) is 0 Å². The predicted molar refractivity (Wildman–Crippen MR) is 81.2 cm³/mol. The largest absolute Gasteiger partial charge is 0.308 e. The van der Waals surface area contributed by atoms with Crippen LogP contribution in [0.25, 0.3) is 0 Å². The smallest absolute Gasteiger partial charge is 0.211 e. The molecule has 0 aromatic carbocycles. The van der Waals surface area contributed by atoms with Crippen molar-refractivity contribution in [2.75, 3.05) is 19.3 Å². The summed E-state index contributed by atoms with van der Waals surface area (Å²) < 4.78 is 27.0. The molecule has 0 amide bonds. The molecule has 21 heavy (non-hydrogen) atoms. The van der Waals surface area contributed by atoms with Gasteiger partial charge in [-0.05, 0) is 37.7 Å². The molecule has 2 aliphatic rings. The Balaban J connectivity index is 1.59. The minimum Gasteiger partial charge on any atom is -0.308 e. The first-order chi connectivity index (χ1) is 10.0. The lowest BCUT2D eigenvalue weighted by molar-refractivity contribution is 0.238. The van der Waals surface area contributed by atoms with Crippen LogP contribution >= 0.6 is 0 Å². The number of nitrogens with one attached hydrogen (secondary N) is 1. The first-order valence-corrected chi connectivity index (χ1v) is 9.56. The van der Waals surface area contributed by atoms with Crippen LogP contribution in [0.4, 0.5) is 0 Å². The van der Waals surface area contributed by atoms with E-state index >= 15 is 0 Å². The number of piperidine rings is 1. The Bertz CT molecular complexity index is 580. The van der Waals surface area contributed by atoms with Gasteiger partial charge in [-0.1, -0.05) is 0 Å². The van der Waals surface area contributed by atoms with Gasteiger partial charge in [0.05, 0.1) is 11.9 Å². The minimum absolute atomic E-state index is 0.355. The van der Waals surface area contributed by atoms with Crippen LogP contribution < -0.4 is 5.32 Å². The number of sulfonamides is 1. The molecule has 1 atom stereocenters. The molecule has 1 saturated heterocycles. The molecule has 0 bridgehead atoms. The summed E-state index contributed by atoms with van der Waals surface area (Å²) in [6, 6.07) is 2.73. The Morgan fingerprint density at radius 3 is 2.90 bits per heavy atom. The highest BCUT2D eigenvalue weighted by Crippen LogP contribution is 2.22. The molecular weight excluding hydrogens is 288 g/mol. The second-order valence-electron chi connectivity index (χ2n) is 6.29. The Hall–Kier alpha value is -0.920. The number of hydrogen-bond acceptors (Lipinski definition) is 4. The maximum Gasteiger partial charge on any atom is 0.211 e. The maximum absolute atomic E-state index is 11.7. The molecule has 0 spiro atoms. The first kappa shape index (κ1) is 15.0. The first-order valence-electron chi connectivity index (χ1n) is 7.71. The van der Waals surface area contributed by atoms with Gasteiger partial charge in [-0.15, -0.1) is 0 Å². The summed E-state index contributed by atoms with van der Waals surface area (Å²) in [4.78, 5) is 0. The van der Waals surface area contributed by atoms with Crippen LogP contribution in [-0.4, -0.2) is 47.9 Å². The van der Waals surface area contributed by atoms with Crippen molar-refractivity contribution in [2.24, 2.45) is 5.92 Å². The number of rotatable bonds is 6. The fourth-order valence-electron chi connectivity index (χ4n) is 2.93. The molecule has 7 heteroatoms. The van der Waals surface area contributed by atoms with E-state index in [-0.39, 0.29) is 0 Å². The Morgan fingerprint density at radius 2 is 2.19 bits per heavy atom. The zero-order valence-corrected chi connectivity index (χ0v) is 13.3. The Kier molecular flexibility index (Phi) is 4.33. The highest BCUT2D eigenvalue weighted by molar-refractivity contribution is 7.88. The third kappa shape index (κ3) is 4.05. The average Bonchev–Trinajstić information content (AvgIpc) is 3.17. The molecule has 1 unspecified atom stereocenters. The number of nitrogens with zero attached hydrogens (tertiary/aromatic N) is 3. The van der Waals surface area contributed by atoms with E-state index < -0.39 is 10.0 Å². The number of aromatic nitrogens is 2. The van der Waals surface area contributed by atoms with Crippen LogP contribution in [0.15, 0.2) is 12.3 Å². The summed E-state index contributed by atoms with van der Waals surface area (Å²) in [5.74, 6) is 0.355. The highest BCUT2D eigenvalue weighted by atomic mass is 32.2. The molecule has 6 nitrogen and oxygen atoms in total. The zero-order chi connectivity index (χ0) is 14.9. The molecule has 1 aromatic rings. The van der Waals surface area contributed by atoms with E-state index in [2.05, 4.69) is 10.4 Å². The van der Waals surface area contributed by atoms with Crippen molar-refractivity contribution in [1.82, 2.24) is 19.4 Å². The summed E-state index contributed by atoms with van der Waals surface area (Å²) in [5, 5.41) is 7.91. The van der Waals surface area contributed by atoms with E-state index in [1.54, 1.807) is 4.31 Å². The lowest BCUT2D eigenvalue weighted by Crippen LogP contribution is -2.40. The molecule has 1 aromatic heterocycles. The molecule has 0 radical (unpaired) electrons. The Morgan fingerprint density at radius 1 is 1.38 bits per heavy atom. The van der Waals surface area contributed by atoms with Crippen molar-refractivity contribution in [2.45, 2.75) is 44.8 Å². The van der Waals surface area contributed by atoms with E-state index in [1.165, 1.54) is 24.8 Å². The van der Waals surface area contributed by atoms with Crippen molar-refractivity contribution in [3.8, 4) is 0 Å². The fourth-order valence-corrected chi connectivity index (χ4v) is 3.88. The molecule has 1 aliphatic heterocycles. The van der Waals surface area contributed by atoms with Gasteiger partial charge in [0.2, 0.25) is 10.0 Å². The summed E-state index contributed by atoms with van der Waals surface area (Å²) in [7, 11) is -3.07. The lowest BCUT2D eigenvalue weighted by Gasteiger charge is -2.31. The van der Waals surface area contributed by atoms with E-state index in [0.29, 0.717) is 25.0 Å². The van der Waals surface area contributed by atoms with E-state index in [1.807, 2.05) is 16.9 Å². The predicted octanol–water partition coefficient (Wildman–Crippen LogP) is 0.807. The van der Waals surface area contributed by atoms with Crippen LogP contribution in [0.2, 0.25) is 0 Å². The SMILES string of the molecule is CS(=O)(=O)N1CCCC(Cn2nccc2CNC2CC2)C1. The van der Waals surface area contributed by atoms with E-state index in [4.69, 9.17) is 0 Å². The third-order valence-corrected chi connectivity index (χ3v) is 5.61. The quantitative estimate of drug-likeness (QED) is 0.844. The summed E-state index contributed by atoms with van der Waals surface area (Å²) in [5.41, 5.74) is 1.19. The van der Waals surface area contributed by atoms with Gasteiger partial charge in [0, 0.05) is 38.4 Å². The molecule has 2 fully saturated rings. The van der Waals surface area contributed by atoms with Crippen molar-refractivity contribution >= 4 is 10.0 Å². The molecular formula is C14H24N4O2S. The third-order valence-electron chi connectivity index (χ3n) is 4.34. The normalized spacial score (nSPS) is 24.3. The van der Waals surface area contributed by atoms with Crippen molar-refractivity contribution in [3.05, 3.63) is 18.0 Å². The van der Waals surface area contributed by atoms with Crippen LogP contribution in [0.1, 0.15) is 31.4 Å². The van der Waals surface area contributed by atoms with Crippen molar-refractivity contribution < 1.29 is 8.42 Å². The van der Waals surface area contributed by atoms with Gasteiger partial charge in [0.25, 0.3) is 0 Å². The van der Waals surface area contributed by atoms with Gasteiger partial charge in [0.15, 0.2) is 0 Å². The molecule has 3 rings (SSSR count).